The molecular weight excluding hydrogens is 336 g/mol. The van der Waals surface area contributed by atoms with Crippen LogP contribution < -0.4 is 5.32 Å². The molecule has 1 amide bonds. The van der Waals surface area contributed by atoms with E-state index in [1.807, 2.05) is 6.92 Å². The maximum Gasteiger partial charge on any atom is 0.235 e. The van der Waals surface area contributed by atoms with E-state index in [4.69, 9.17) is 0 Å². The third-order valence-corrected chi connectivity index (χ3v) is 6.55. The normalized spacial score (nSPS) is 13.5. The van der Waals surface area contributed by atoms with Crippen LogP contribution in [0.3, 0.4) is 0 Å². The van der Waals surface area contributed by atoms with Crippen molar-refractivity contribution < 1.29 is 4.79 Å². The lowest BCUT2D eigenvalue weighted by Gasteiger charge is -2.09. The first-order valence-corrected chi connectivity index (χ1v) is 9.56. The summed E-state index contributed by atoms with van der Waals surface area (Å²) in [5, 5.41) is 21.8. The number of nitrogens with one attached hydrogen (secondary N) is 1. The number of nitriles is 1. The lowest BCUT2D eigenvalue weighted by atomic mass is 9.96. The topological polar surface area (TPSA) is 78.7 Å². The number of carbonyl (C=O) groups is 1. The minimum atomic E-state index is -0.104. The molecule has 1 aliphatic carbocycles. The Morgan fingerprint density at radius 3 is 2.91 bits per heavy atom. The summed E-state index contributed by atoms with van der Waals surface area (Å²) in [6.07, 6.45) is 4.25. The third-order valence-electron chi connectivity index (χ3n) is 3.37. The Hall–Kier alpha value is -1.43. The number of fused-ring (bicyclic) bond motifs is 1. The van der Waals surface area contributed by atoms with Gasteiger partial charge in [-0.3, -0.25) is 4.79 Å². The summed E-state index contributed by atoms with van der Waals surface area (Å²) in [5.74, 6) is 0.176. The van der Waals surface area contributed by atoms with Crippen LogP contribution in [0.4, 0.5) is 5.00 Å². The van der Waals surface area contributed by atoms with Gasteiger partial charge in [-0.25, -0.2) is 0 Å². The Balaban J connectivity index is 1.66. The number of nitrogens with zero attached hydrogens (tertiary/aromatic N) is 3. The van der Waals surface area contributed by atoms with Crippen LogP contribution in [0.25, 0.3) is 0 Å². The van der Waals surface area contributed by atoms with Crippen molar-refractivity contribution in [2.45, 2.75) is 36.9 Å². The van der Waals surface area contributed by atoms with Crippen molar-refractivity contribution >= 4 is 45.3 Å². The number of aromatic nitrogens is 2. The average molecular weight is 350 g/mol. The molecule has 5 nitrogen and oxygen atoms in total. The summed E-state index contributed by atoms with van der Waals surface area (Å²) < 4.78 is 0.790. The molecule has 0 atom stereocenters. The Kier molecular flexibility index (Phi) is 4.76. The lowest BCUT2D eigenvalue weighted by Crippen LogP contribution is -2.13. The molecule has 0 fully saturated rings. The van der Waals surface area contributed by atoms with E-state index < -0.39 is 0 Å². The van der Waals surface area contributed by atoms with Gasteiger partial charge in [0.2, 0.25) is 5.91 Å². The minimum absolute atomic E-state index is 0.104. The van der Waals surface area contributed by atoms with Gasteiger partial charge in [0, 0.05) is 4.88 Å². The molecular formula is C14H14N4OS3. The largest absolute Gasteiger partial charge is 0.316 e. The van der Waals surface area contributed by atoms with Gasteiger partial charge in [-0.1, -0.05) is 23.1 Å². The third kappa shape index (κ3) is 3.32. The molecule has 2 aromatic heterocycles. The van der Waals surface area contributed by atoms with Gasteiger partial charge >= 0.3 is 0 Å². The van der Waals surface area contributed by atoms with Crippen molar-refractivity contribution in [3.63, 3.8) is 0 Å². The number of anilines is 1. The van der Waals surface area contributed by atoms with Crippen LogP contribution in [0.2, 0.25) is 0 Å². The van der Waals surface area contributed by atoms with E-state index in [1.54, 1.807) is 11.3 Å². The number of aryl methyl sites for hydroxylation is 2. The van der Waals surface area contributed by atoms with Gasteiger partial charge in [0.25, 0.3) is 0 Å². The second kappa shape index (κ2) is 6.77. The summed E-state index contributed by atoms with van der Waals surface area (Å²) in [5.41, 5.74) is 1.80. The monoisotopic (exact) mass is 350 g/mol. The van der Waals surface area contributed by atoms with Crippen LogP contribution in [0.5, 0.6) is 0 Å². The van der Waals surface area contributed by atoms with E-state index in [2.05, 4.69) is 21.6 Å². The maximum atomic E-state index is 12.1. The van der Waals surface area contributed by atoms with Crippen LogP contribution in [-0.2, 0) is 17.6 Å². The molecule has 1 N–H and O–H groups in total. The van der Waals surface area contributed by atoms with Gasteiger partial charge in [0.15, 0.2) is 4.34 Å². The minimum Gasteiger partial charge on any atom is -0.316 e. The van der Waals surface area contributed by atoms with Crippen LogP contribution in [0.1, 0.15) is 33.9 Å². The Bertz CT molecular complexity index is 744. The number of rotatable bonds is 4. The van der Waals surface area contributed by atoms with Gasteiger partial charge in [-0.2, -0.15) is 5.26 Å². The SMILES string of the molecule is Cc1nnc(SCC(=O)Nc2sc3c(c2C#N)CCCC3)s1. The molecule has 0 saturated heterocycles. The second-order valence-electron chi connectivity index (χ2n) is 4.95. The highest BCUT2D eigenvalue weighted by Crippen LogP contribution is 2.37. The summed E-state index contributed by atoms with van der Waals surface area (Å²) in [4.78, 5) is 13.4. The molecule has 0 aromatic carbocycles. The Morgan fingerprint density at radius 2 is 2.18 bits per heavy atom. The predicted octanol–water partition coefficient (Wildman–Crippen LogP) is 3.39. The fourth-order valence-electron chi connectivity index (χ4n) is 2.40. The van der Waals surface area contributed by atoms with Gasteiger partial charge in [-0.15, -0.1) is 21.5 Å². The van der Waals surface area contributed by atoms with Crippen molar-refractivity contribution in [2.24, 2.45) is 0 Å². The molecule has 3 rings (SSSR count). The summed E-state index contributed by atoms with van der Waals surface area (Å²) >= 11 is 4.40. The zero-order chi connectivity index (χ0) is 15.5. The van der Waals surface area contributed by atoms with Crippen molar-refractivity contribution in [3.8, 4) is 6.07 Å². The van der Waals surface area contributed by atoms with Crippen molar-refractivity contribution in [1.29, 1.82) is 5.26 Å². The first-order valence-electron chi connectivity index (χ1n) is 6.94. The molecule has 0 aliphatic heterocycles. The highest BCUT2D eigenvalue weighted by molar-refractivity contribution is 8.01. The molecule has 0 unspecified atom stereocenters. The fraction of sp³-hybridized carbons (Fsp3) is 0.429. The van der Waals surface area contributed by atoms with E-state index in [-0.39, 0.29) is 11.7 Å². The molecule has 0 radical (unpaired) electrons. The summed E-state index contributed by atoms with van der Waals surface area (Å²) in [6, 6.07) is 2.25. The van der Waals surface area contributed by atoms with Crippen molar-refractivity contribution in [3.05, 3.63) is 21.0 Å². The highest BCUT2D eigenvalue weighted by Gasteiger charge is 2.21. The number of amides is 1. The number of carbonyl (C=O) groups excluding carboxylic acids is 1. The first kappa shape index (κ1) is 15.5. The standard InChI is InChI=1S/C14H14N4OS3/c1-8-17-18-14(21-8)20-7-12(19)16-13-10(6-15)9-4-2-3-5-11(9)22-13/h2-5,7H2,1H3,(H,16,19). The number of hydrogen-bond donors (Lipinski definition) is 1. The van der Waals surface area contributed by atoms with E-state index in [9.17, 15) is 10.1 Å². The van der Waals surface area contributed by atoms with Gasteiger partial charge < -0.3 is 5.32 Å². The molecule has 2 heterocycles. The summed E-state index contributed by atoms with van der Waals surface area (Å²) in [6.45, 7) is 1.89. The lowest BCUT2D eigenvalue weighted by molar-refractivity contribution is -0.113. The Morgan fingerprint density at radius 1 is 1.36 bits per heavy atom. The smallest absolute Gasteiger partial charge is 0.235 e. The maximum absolute atomic E-state index is 12.1. The Labute approximate surface area is 140 Å². The molecule has 22 heavy (non-hydrogen) atoms. The van der Waals surface area contributed by atoms with Gasteiger partial charge in [0.1, 0.15) is 16.1 Å². The average Bonchev–Trinajstić information content (AvgIpc) is 3.08. The molecule has 0 saturated carbocycles. The molecule has 0 bridgehead atoms. The van der Waals surface area contributed by atoms with E-state index in [0.717, 1.165) is 40.6 Å². The molecule has 2 aromatic rings. The van der Waals surface area contributed by atoms with Gasteiger partial charge in [0.05, 0.1) is 11.3 Å². The summed E-state index contributed by atoms with van der Waals surface area (Å²) in [7, 11) is 0. The number of thioether (sulfide) groups is 1. The molecule has 8 heteroatoms. The van der Waals surface area contributed by atoms with E-state index in [1.165, 1.54) is 28.0 Å². The van der Waals surface area contributed by atoms with Crippen molar-refractivity contribution in [1.82, 2.24) is 10.2 Å². The first-order chi connectivity index (χ1) is 10.7. The van der Waals surface area contributed by atoms with E-state index in [0.29, 0.717) is 10.6 Å². The van der Waals surface area contributed by atoms with Crippen LogP contribution in [0.15, 0.2) is 4.34 Å². The van der Waals surface area contributed by atoms with Crippen molar-refractivity contribution in [2.75, 3.05) is 11.1 Å². The van der Waals surface area contributed by atoms with E-state index >= 15 is 0 Å². The number of thiophene rings is 1. The molecule has 114 valence electrons. The predicted molar refractivity (Wildman–Crippen MR) is 89.7 cm³/mol. The van der Waals surface area contributed by atoms with Gasteiger partial charge in [-0.05, 0) is 38.2 Å². The van der Waals surface area contributed by atoms with Crippen LogP contribution >= 0.6 is 34.4 Å². The second-order valence-corrected chi connectivity index (χ2v) is 8.46. The fourth-order valence-corrected chi connectivity index (χ4v) is 5.27. The zero-order valence-electron chi connectivity index (χ0n) is 12.0. The highest BCUT2D eigenvalue weighted by atomic mass is 32.2. The molecule has 1 aliphatic rings. The zero-order valence-corrected chi connectivity index (χ0v) is 14.5. The van der Waals surface area contributed by atoms with Crippen LogP contribution in [-0.4, -0.2) is 21.9 Å². The quantitative estimate of drug-likeness (QED) is 0.855. The molecule has 0 spiro atoms. The van der Waals surface area contributed by atoms with Crippen LogP contribution in [0, 0.1) is 18.3 Å². The number of hydrogen-bond acceptors (Lipinski definition) is 7.